The quantitative estimate of drug-likeness (QED) is 0.487. The number of nitrogens with one attached hydrogen (secondary N) is 1. The van der Waals surface area contributed by atoms with Crippen LogP contribution in [-0.4, -0.2) is 31.4 Å². The molecule has 0 radical (unpaired) electrons. The fourth-order valence-electron chi connectivity index (χ4n) is 4.51. The summed E-state index contributed by atoms with van der Waals surface area (Å²) in [4.78, 5) is 39.0. The lowest BCUT2D eigenvalue weighted by Crippen LogP contribution is -2.32. The van der Waals surface area contributed by atoms with Crippen LogP contribution in [0.25, 0.3) is 11.1 Å². The lowest BCUT2D eigenvalue weighted by molar-refractivity contribution is -0.138. The lowest BCUT2D eigenvalue weighted by atomic mass is 9.77. The van der Waals surface area contributed by atoms with E-state index in [1.165, 1.54) is 13.2 Å². The van der Waals surface area contributed by atoms with E-state index in [0.29, 0.717) is 39.2 Å². The van der Waals surface area contributed by atoms with E-state index in [2.05, 4.69) is 11.9 Å². The van der Waals surface area contributed by atoms with Crippen molar-refractivity contribution in [3.05, 3.63) is 94.4 Å². The average molecular weight is 429 g/mol. The van der Waals surface area contributed by atoms with Crippen molar-refractivity contribution in [3.63, 3.8) is 0 Å². The van der Waals surface area contributed by atoms with Crippen LogP contribution in [-0.2, 0) is 19.1 Å². The standard InChI is InChI=1S/C26H23NO5/c1-5-13-32-26(30)21-15(3)27-14(2)20(25(29)31-4)23(21)18-11-8-12-19-22(18)16-9-6-7-10-17(16)24(19)28/h5-12,23,27H,1,13H2,2-4H3. The second-order valence-electron chi connectivity index (χ2n) is 7.66. The molecule has 2 aromatic carbocycles. The first-order valence-corrected chi connectivity index (χ1v) is 10.2. The van der Waals surface area contributed by atoms with Crippen molar-refractivity contribution >= 4 is 17.7 Å². The largest absolute Gasteiger partial charge is 0.466 e. The molecular formula is C26H23NO5. The number of hydrogen-bond donors (Lipinski definition) is 1. The van der Waals surface area contributed by atoms with Crippen molar-refractivity contribution in [1.29, 1.82) is 0 Å². The number of carbonyl (C=O) groups excluding carboxylic acids is 3. The van der Waals surface area contributed by atoms with Crippen molar-refractivity contribution in [2.75, 3.05) is 13.7 Å². The zero-order valence-electron chi connectivity index (χ0n) is 18.2. The predicted molar refractivity (Wildman–Crippen MR) is 120 cm³/mol. The molecule has 1 atom stereocenters. The van der Waals surface area contributed by atoms with Crippen LogP contribution in [0.4, 0.5) is 0 Å². The topological polar surface area (TPSA) is 81.7 Å². The Morgan fingerprint density at radius 3 is 2.25 bits per heavy atom. The molecule has 6 heteroatoms. The molecule has 32 heavy (non-hydrogen) atoms. The number of esters is 2. The maximum Gasteiger partial charge on any atom is 0.337 e. The number of allylic oxidation sites excluding steroid dienone is 2. The van der Waals surface area contributed by atoms with Gasteiger partial charge in [0.15, 0.2) is 5.78 Å². The van der Waals surface area contributed by atoms with E-state index < -0.39 is 17.9 Å². The van der Waals surface area contributed by atoms with Crippen molar-refractivity contribution < 1.29 is 23.9 Å². The summed E-state index contributed by atoms with van der Waals surface area (Å²) >= 11 is 0. The van der Waals surface area contributed by atoms with E-state index in [1.54, 1.807) is 32.0 Å². The molecule has 0 bridgehead atoms. The summed E-state index contributed by atoms with van der Waals surface area (Å²) < 4.78 is 10.4. The van der Waals surface area contributed by atoms with Crippen molar-refractivity contribution in [3.8, 4) is 11.1 Å². The van der Waals surface area contributed by atoms with Crippen LogP contribution in [0.1, 0.15) is 41.3 Å². The van der Waals surface area contributed by atoms with E-state index in [4.69, 9.17) is 9.47 Å². The van der Waals surface area contributed by atoms with Crippen molar-refractivity contribution in [1.82, 2.24) is 5.32 Å². The number of ether oxygens (including phenoxy) is 2. The average Bonchev–Trinajstić information content (AvgIpc) is 3.09. The summed E-state index contributed by atoms with van der Waals surface area (Å²) in [5.74, 6) is -1.97. The van der Waals surface area contributed by atoms with Crippen LogP contribution in [0.5, 0.6) is 0 Å². The molecule has 2 aliphatic rings. The van der Waals surface area contributed by atoms with Gasteiger partial charge in [0.2, 0.25) is 0 Å². The van der Waals surface area contributed by atoms with Gasteiger partial charge in [0.05, 0.1) is 24.2 Å². The van der Waals surface area contributed by atoms with Gasteiger partial charge >= 0.3 is 11.9 Å². The third-order valence-corrected chi connectivity index (χ3v) is 5.81. The van der Waals surface area contributed by atoms with Gasteiger partial charge in [0, 0.05) is 22.5 Å². The number of dihydropyridines is 1. The fraction of sp³-hybridized carbons (Fsp3) is 0.192. The number of fused-ring (bicyclic) bond motifs is 3. The van der Waals surface area contributed by atoms with Gasteiger partial charge in [-0.05, 0) is 30.5 Å². The number of ketones is 1. The Balaban J connectivity index is 2.00. The zero-order chi connectivity index (χ0) is 23.0. The Kier molecular flexibility index (Phi) is 5.53. The van der Waals surface area contributed by atoms with Gasteiger partial charge in [-0.15, -0.1) is 0 Å². The minimum absolute atomic E-state index is 0.0345. The zero-order valence-corrected chi connectivity index (χ0v) is 18.2. The van der Waals surface area contributed by atoms with Crippen LogP contribution in [0.2, 0.25) is 0 Å². The van der Waals surface area contributed by atoms with Crippen LogP contribution < -0.4 is 5.32 Å². The first-order chi connectivity index (χ1) is 15.4. The molecule has 4 rings (SSSR count). The van der Waals surface area contributed by atoms with E-state index in [0.717, 1.165) is 11.1 Å². The third kappa shape index (κ3) is 3.24. The number of methoxy groups -OCH3 is 1. The molecule has 0 saturated heterocycles. The Hall–Kier alpha value is -3.93. The first kappa shape index (κ1) is 21.3. The van der Waals surface area contributed by atoms with Gasteiger partial charge in [-0.2, -0.15) is 0 Å². The van der Waals surface area contributed by atoms with Crippen LogP contribution in [0, 0.1) is 0 Å². The highest BCUT2D eigenvalue weighted by atomic mass is 16.5. The summed E-state index contributed by atoms with van der Waals surface area (Å²) in [6, 6.07) is 12.7. The molecule has 0 amide bonds. The molecule has 0 fully saturated rings. The normalized spacial score (nSPS) is 16.8. The van der Waals surface area contributed by atoms with Gasteiger partial charge in [0.25, 0.3) is 0 Å². The molecule has 1 unspecified atom stereocenters. The maximum atomic E-state index is 13.1. The molecule has 0 aromatic heterocycles. The lowest BCUT2D eigenvalue weighted by Gasteiger charge is -2.31. The summed E-state index contributed by atoms with van der Waals surface area (Å²) in [7, 11) is 1.30. The minimum Gasteiger partial charge on any atom is -0.466 e. The van der Waals surface area contributed by atoms with Crippen molar-refractivity contribution in [2.45, 2.75) is 19.8 Å². The van der Waals surface area contributed by atoms with Crippen LogP contribution >= 0.6 is 0 Å². The predicted octanol–water partition coefficient (Wildman–Crippen LogP) is 4.04. The molecule has 162 valence electrons. The van der Waals surface area contributed by atoms with Gasteiger partial charge < -0.3 is 14.8 Å². The van der Waals surface area contributed by atoms with Gasteiger partial charge in [0.1, 0.15) is 6.61 Å². The van der Waals surface area contributed by atoms with E-state index in [-0.39, 0.29) is 12.4 Å². The molecule has 2 aromatic rings. The number of benzene rings is 2. The van der Waals surface area contributed by atoms with Gasteiger partial charge in [-0.1, -0.05) is 55.1 Å². The molecule has 6 nitrogen and oxygen atoms in total. The highest BCUT2D eigenvalue weighted by Gasteiger charge is 2.41. The number of carbonyl (C=O) groups is 3. The fourth-order valence-corrected chi connectivity index (χ4v) is 4.51. The Labute approximate surface area is 186 Å². The summed E-state index contributed by atoms with van der Waals surface area (Å²) in [6.07, 6.45) is 1.48. The minimum atomic E-state index is -0.769. The van der Waals surface area contributed by atoms with Crippen LogP contribution in [0.15, 0.2) is 77.7 Å². The first-order valence-electron chi connectivity index (χ1n) is 10.2. The second kappa shape index (κ2) is 8.30. The van der Waals surface area contributed by atoms with Gasteiger partial charge in [-0.25, -0.2) is 9.59 Å². The smallest absolute Gasteiger partial charge is 0.337 e. The summed E-state index contributed by atoms with van der Waals surface area (Å²) in [5, 5.41) is 3.11. The Bertz CT molecular complexity index is 1230. The molecule has 0 spiro atoms. The van der Waals surface area contributed by atoms with E-state index in [9.17, 15) is 14.4 Å². The Morgan fingerprint density at radius 1 is 0.969 bits per heavy atom. The van der Waals surface area contributed by atoms with Crippen molar-refractivity contribution in [2.24, 2.45) is 0 Å². The summed E-state index contributed by atoms with van der Waals surface area (Å²) in [5.41, 5.74) is 5.06. The van der Waals surface area contributed by atoms with Gasteiger partial charge in [-0.3, -0.25) is 4.79 Å². The van der Waals surface area contributed by atoms with Crippen LogP contribution in [0.3, 0.4) is 0 Å². The molecule has 1 N–H and O–H groups in total. The monoisotopic (exact) mass is 429 g/mol. The van der Waals surface area contributed by atoms with E-state index in [1.807, 2.05) is 24.3 Å². The maximum absolute atomic E-state index is 13.1. The molecule has 1 aliphatic heterocycles. The SMILES string of the molecule is C=CCOC(=O)C1=C(C)NC(C)=C(C(=O)OC)C1c1cccc2c1-c1ccccc1C2=O. The highest BCUT2D eigenvalue weighted by Crippen LogP contribution is 2.47. The highest BCUT2D eigenvalue weighted by molar-refractivity contribution is 6.22. The van der Waals surface area contributed by atoms with E-state index >= 15 is 0 Å². The molecular weight excluding hydrogens is 406 g/mol. The molecule has 1 aliphatic carbocycles. The molecule has 0 saturated carbocycles. The Morgan fingerprint density at radius 2 is 1.59 bits per heavy atom. The number of hydrogen-bond acceptors (Lipinski definition) is 6. The molecule has 1 heterocycles. The second-order valence-corrected chi connectivity index (χ2v) is 7.66. The third-order valence-electron chi connectivity index (χ3n) is 5.81. The number of rotatable bonds is 5. The summed E-state index contributed by atoms with van der Waals surface area (Å²) in [6.45, 7) is 7.15.